The van der Waals surface area contributed by atoms with Gasteiger partial charge in [0, 0.05) is 26.3 Å². The van der Waals surface area contributed by atoms with E-state index in [1.807, 2.05) is 29.5 Å². The Balaban J connectivity index is 1.15. The quantitative estimate of drug-likeness (QED) is 0.175. The lowest BCUT2D eigenvalue weighted by molar-refractivity contribution is 0.768. The van der Waals surface area contributed by atoms with Crippen molar-refractivity contribution in [1.29, 1.82) is 0 Å². The molecule has 0 bridgehead atoms. The van der Waals surface area contributed by atoms with Gasteiger partial charge in [-0.2, -0.15) is 0 Å². The smallest absolute Gasteiger partial charge is 0.160 e. The molecule has 0 N–H and O–H groups in total. The second kappa shape index (κ2) is 12.4. The van der Waals surface area contributed by atoms with E-state index in [1.165, 1.54) is 53.9 Å². The minimum Gasteiger partial charge on any atom is -0.228 e. The molecule has 2 aromatic heterocycles. The second-order valence-corrected chi connectivity index (χ2v) is 14.4. The van der Waals surface area contributed by atoms with Gasteiger partial charge in [-0.25, -0.2) is 9.97 Å². The van der Waals surface area contributed by atoms with Gasteiger partial charge in [0.2, 0.25) is 0 Å². The minimum atomic E-state index is -0.481. The Morgan fingerprint density at radius 2 is 0.942 bits per heavy atom. The number of rotatable bonds is 6. The van der Waals surface area contributed by atoms with Gasteiger partial charge in [0.05, 0.1) is 16.8 Å². The summed E-state index contributed by atoms with van der Waals surface area (Å²) in [5.74, 6) is 0.711. The van der Waals surface area contributed by atoms with Crippen molar-refractivity contribution in [2.45, 2.75) is 5.41 Å². The topological polar surface area (TPSA) is 25.8 Å². The molecule has 0 spiro atoms. The van der Waals surface area contributed by atoms with Crippen molar-refractivity contribution in [2.75, 3.05) is 0 Å². The Labute approximate surface area is 307 Å². The number of nitrogens with zero attached hydrogens (tertiary/aromatic N) is 2. The Morgan fingerprint density at radius 3 is 1.65 bits per heavy atom. The monoisotopic (exact) mass is 680 g/mol. The van der Waals surface area contributed by atoms with E-state index in [1.54, 1.807) is 0 Å². The highest BCUT2D eigenvalue weighted by Gasteiger charge is 2.46. The van der Waals surface area contributed by atoms with Crippen LogP contribution < -0.4 is 0 Å². The van der Waals surface area contributed by atoms with Crippen molar-refractivity contribution < 1.29 is 0 Å². The molecule has 244 valence electrons. The van der Waals surface area contributed by atoms with E-state index in [-0.39, 0.29) is 0 Å². The molecule has 10 rings (SSSR count). The molecule has 1 aliphatic carbocycles. The number of thiophene rings is 1. The van der Waals surface area contributed by atoms with E-state index < -0.39 is 5.41 Å². The predicted octanol–water partition coefficient (Wildman–Crippen LogP) is 12.7. The van der Waals surface area contributed by atoms with Gasteiger partial charge in [0.25, 0.3) is 0 Å². The standard InChI is InChI=1S/C49H32N2S/c1-4-14-35(15-5-1)48-50-44(33-24-26-34(27-25-33)47-31-37-16-10-13-23-46(37)52-47)32-45(51-48)36-28-29-41-40-21-11-12-22-42(40)49(43(41)30-36,38-17-6-2-7-18-38)39-19-8-3-9-20-39/h1-32H. The van der Waals surface area contributed by atoms with Crippen molar-refractivity contribution in [2.24, 2.45) is 0 Å². The highest BCUT2D eigenvalue weighted by Crippen LogP contribution is 2.56. The SMILES string of the molecule is c1ccc(-c2nc(-c3ccc(-c4cc5ccccc5s4)cc3)cc(-c3ccc4c(c3)C(c3ccccc3)(c3ccccc3)c3ccccc3-4)n2)cc1. The number of fused-ring (bicyclic) bond motifs is 4. The largest absolute Gasteiger partial charge is 0.228 e. The van der Waals surface area contributed by atoms with Gasteiger partial charge in [0.15, 0.2) is 5.82 Å². The summed E-state index contributed by atoms with van der Waals surface area (Å²) in [5.41, 5.74) is 13.2. The molecular formula is C49H32N2S. The van der Waals surface area contributed by atoms with Crippen LogP contribution in [0.4, 0.5) is 0 Å². The zero-order valence-electron chi connectivity index (χ0n) is 28.3. The van der Waals surface area contributed by atoms with Crippen molar-refractivity contribution in [3.05, 3.63) is 216 Å². The number of benzene rings is 7. The van der Waals surface area contributed by atoms with Gasteiger partial charge in [-0.15, -0.1) is 11.3 Å². The number of hydrogen-bond donors (Lipinski definition) is 0. The van der Waals surface area contributed by atoms with E-state index in [2.05, 4.69) is 176 Å². The molecule has 0 aliphatic heterocycles. The minimum absolute atomic E-state index is 0.481. The fraction of sp³-hybridized carbons (Fsp3) is 0.0204. The van der Waals surface area contributed by atoms with Crippen LogP contribution in [-0.4, -0.2) is 9.97 Å². The number of aromatic nitrogens is 2. The molecule has 0 atom stereocenters. The van der Waals surface area contributed by atoms with Crippen molar-refractivity contribution in [3.63, 3.8) is 0 Å². The van der Waals surface area contributed by atoms with Crippen LogP contribution in [0.2, 0.25) is 0 Å². The van der Waals surface area contributed by atoms with E-state index in [0.29, 0.717) is 5.82 Å². The van der Waals surface area contributed by atoms with E-state index in [9.17, 15) is 0 Å². The fourth-order valence-electron chi connectivity index (χ4n) is 7.99. The van der Waals surface area contributed by atoms with Crippen molar-refractivity contribution >= 4 is 21.4 Å². The first-order valence-electron chi connectivity index (χ1n) is 17.7. The zero-order chi connectivity index (χ0) is 34.5. The van der Waals surface area contributed by atoms with Crippen LogP contribution in [0.1, 0.15) is 22.3 Å². The highest BCUT2D eigenvalue weighted by atomic mass is 32.1. The van der Waals surface area contributed by atoms with Gasteiger partial charge >= 0.3 is 0 Å². The molecule has 9 aromatic rings. The van der Waals surface area contributed by atoms with Gasteiger partial charge in [-0.1, -0.05) is 170 Å². The summed E-state index contributed by atoms with van der Waals surface area (Å²) >= 11 is 1.83. The molecule has 2 nitrogen and oxygen atoms in total. The molecule has 0 saturated heterocycles. The fourth-order valence-corrected chi connectivity index (χ4v) is 9.06. The molecule has 0 fully saturated rings. The molecule has 0 unspecified atom stereocenters. The molecule has 3 heteroatoms. The summed E-state index contributed by atoms with van der Waals surface area (Å²) in [6.45, 7) is 0. The third kappa shape index (κ3) is 4.93. The Morgan fingerprint density at radius 1 is 0.385 bits per heavy atom. The summed E-state index contributed by atoms with van der Waals surface area (Å²) in [6.07, 6.45) is 0. The van der Waals surface area contributed by atoms with Crippen LogP contribution in [0.25, 0.3) is 65.6 Å². The van der Waals surface area contributed by atoms with Crippen LogP contribution in [0.15, 0.2) is 194 Å². The lowest BCUT2D eigenvalue weighted by atomic mass is 9.67. The maximum Gasteiger partial charge on any atom is 0.160 e. The van der Waals surface area contributed by atoms with Gasteiger partial charge < -0.3 is 0 Å². The average Bonchev–Trinajstić information content (AvgIpc) is 3.80. The molecular weight excluding hydrogens is 649 g/mol. The maximum atomic E-state index is 5.25. The summed E-state index contributed by atoms with van der Waals surface area (Å²) in [5, 5.41) is 1.28. The van der Waals surface area contributed by atoms with Gasteiger partial charge in [-0.05, 0) is 68.6 Å². The average molecular weight is 681 g/mol. The first-order chi connectivity index (χ1) is 25.8. The first kappa shape index (κ1) is 30.4. The van der Waals surface area contributed by atoms with Crippen molar-refractivity contribution in [3.8, 4) is 55.5 Å². The lowest BCUT2D eigenvalue weighted by Crippen LogP contribution is -2.28. The van der Waals surface area contributed by atoms with Crippen LogP contribution >= 0.6 is 11.3 Å². The lowest BCUT2D eigenvalue weighted by Gasteiger charge is -2.34. The van der Waals surface area contributed by atoms with Crippen molar-refractivity contribution in [1.82, 2.24) is 9.97 Å². The molecule has 1 aliphatic rings. The van der Waals surface area contributed by atoms with Crippen LogP contribution in [0, 0.1) is 0 Å². The summed E-state index contributed by atoms with van der Waals surface area (Å²) in [4.78, 5) is 11.7. The number of hydrogen-bond acceptors (Lipinski definition) is 3. The summed E-state index contributed by atoms with van der Waals surface area (Å²) in [7, 11) is 0. The Bertz CT molecular complexity index is 2640. The van der Waals surface area contributed by atoms with E-state index in [0.717, 1.165) is 28.1 Å². The zero-order valence-corrected chi connectivity index (χ0v) is 29.1. The maximum absolute atomic E-state index is 5.25. The van der Waals surface area contributed by atoms with Gasteiger partial charge in [-0.3, -0.25) is 0 Å². The molecule has 7 aromatic carbocycles. The van der Waals surface area contributed by atoms with Crippen LogP contribution in [-0.2, 0) is 5.41 Å². The summed E-state index contributed by atoms with van der Waals surface area (Å²) < 4.78 is 1.30. The van der Waals surface area contributed by atoms with Crippen LogP contribution in [0.3, 0.4) is 0 Å². The normalized spacial score (nSPS) is 12.8. The molecule has 0 amide bonds. The Hall–Kier alpha value is -6.42. The molecule has 0 radical (unpaired) electrons. The Kier molecular flexibility index (Phi) is 7.26. The van der Waals surface area contributed by atoms with Gasteiger partial charge in [0.1, 0.15) is 0 Å². The second-order valence-electron chi connectivity index (χ2n) is 13.3. The van der Waals surface area contributed by atoms with E-state index in [4.69, 9.17) is 9.97 Å². The van der Waals surface area contributed by atoms with Crippen LogP contribution in [0.5, 0.6) is 0 Å². The first-order valence-corrected chi connectivity index (χ1v) is 18.5. The van der Waals surface area contributed by atoms with E-state index >= 15 is 0 Å². The molecule has 0 saturated carbocycles. The third-order valence-electron chi connectivity index (χ3n) is 10.4. The summed E-state index contributed by atoms with van der Waals surface area (Å²) in [6, 6.07) is 69.8. The molecule has 2 heterocycles. The highest BCUT2D eigenvalue weighted by molar-refractivity contribution is 7.22. The predicted molar refractivity (Wildman–Crippen MR) is 216 cm³/mol. The third-order valence-corrected chi connectivity index (χ3v) is 11.6. The molecule has 52 heavy (non-hydrogen) atoms.